The topological polar surface area (TPSA) is 105 Å². The van der Waals surface area contributed by atoms with Gasteiger partial charge in [-0.15, -0.1) is 0 Å². The second-order valence-corrected chi connectivity index (χ2v) is 13.8. The van der Waals surface area contributed by atoms with Crippen molar-refractivity contribution in [2.45, 2.75) is 83.1 Å². The number of fused-ring (bicyclic) bond motifs is 1. The van der Waals surface area contributed by atoms with E-state index >= 15 is 0 Å². The number of ether oxygens (including phenoxy) is 1. The van der Waals surface area contributed by atoms with Crippen molar-refractivity contribution in [3.05, 3.63) is 88.5 Å². The zero-order valence-corrected chi connectivity index (χ0v) is 28.3. The van der Waals surface area contributed by atoms with Crippen LogP contribution in [0.25, 0.3) is 11.1 Å². The number of rotatable bonds is 12. The summed E-state index contributed by atoms with van der Waals surface area (Å²) < 4.78 is 6.40. The average Bonchev–Trinajstić information content (AvgIpc) is 3.62. The molecule has 2 fully saturated rings. The summed E-state index contributed by atoms with van der Waals surface area (Å²) in [5, 5.41) is 3.09. The minimum atomic E-state index is -0.520. The third kappa shape index (κ3) is 8.09. The van der Waals surface area contributed by atoms with E-state index < -0.39 is 11.9 Å². The summed E-state index contributed by atoms with van der Waals surface area (Å²) in [5.74, 6) is 0.687. The fraction of sp³-hybridized carbons (Fsp3) is 0.475. The van der Waals surface area contributed by atoms with Gasteiger partial charge in [0, 0.05) is 18.7 Å². The van der Waals surface area contributed by atoms with E-state index in [4.69, 9.17) is 10.5 Å². The SMILES string of the molecule is Cc1ccc(-c2ccc(C(=O)NCCCCN3CCC(c4ccc5c(c4OCC(=O)N4CCC[C@H]4C(N)=O)CCCC5)CC3)cc2)cc1. The Morgan fingerprint density at radius 3 is 2.27 bits per heavy atom. The third-order valence-electron chi connectivity index (χ3n) is 10.5. The van der Waals surface area contributed by atoms with Crippen LogP contribution in [0, 0.1) is 6.92 Å². The molecule has 8 heteroatoms. The second-order valence-electron chi connectivity index (χ2n) is 13.8. The Morgan fingerprint density at radius 1 is 0.833 bits per heavy atom. The van der Waals surface area contributed by atoms with E-state index in [1.54, 1.807) is 4.90 Å². The molecule has 3 aromatic rings. The Morgan fingerprint density at radius 2 is 1.54 bits per heavy atom. The normalized spacial score (nSPS) is 18.4. The number of primary amides is 1. The molecule has 1 aliphatic carbocycles. The lowest BCUT2D eigenvalue weighted by atomic mass is 9.83. The van der Waals surface area contributed by atoms with Gasteiger partial charge in [0.1, 0.15) is 11.8 Å². The molecule has 3 aliphatic rings. The Labute approximate surface area is 285 Å². The first kappa shape index (κ1) is 33.7. The first-order valence-corrected chi connectivity index (χ1v) is 17.9. The number of nitrogens with two attached hydrogens (primary N) is 1. The van der Waals surface area contributed by atoms with Crippen molar-refractivity contribution >= 4 is 17.7 Å². The molecule has 3 N–H and O–H groups in total. The van der Waals surface area contributed by atoms with Gasteiger partial charge in [0.2, 0.25) is 5.91 Å². The molecule has 0 saturated carbocycles. The zero-order valence-electron chi connectivity index (χ0n) is 28.3. The molecule has 3 amide bonds. The molecule has 3 aromatic carbocycles. The van der Waals surface area contributed by atoms with Gasteiger partial charge < -0.3 is 25.6 Å². The number of hydrogen-bond acceptors (Lipinski definition) is 5. The van der Waals surface area contributed by atoms with Gasteiger partial charge in [-0.05, 0) is 137 Å². The molecule has 48 heavy (non-hydrogen) atoms. The third-order valence-corrected chi connectivity index (χ3v) is 10.5. The summed E-state index contributed by atoms with van der Waals surface area (Å²) in [4.78, 5) is 41.8. The van der Waals surface area contributed by atoms with Crippen molar-refractivity contribution in [3.63, 3.8) is 0 Å². The van der Waals surface area contributed by atoms with Crippen LogP contribution in [0.5, 0.6) is 5.75 Å². The van der Waals surface area contributed by atoms with E-state index in [-0.39, 0.29) is 18.4 Å². The second kappa shape index (κ2) is 15.8. The average molecular weight is 651 g/mol. The van der Waals surface area contributed by atoms with E-state index in [2.05, 4.69) is 53.5 Å². The summed E-state index contributed by atoms with van der Waals surface area (Å²) in [6, 6.07) is 20.2. The maximum atomic E-state index is 13.1. The van der Waals surface area contributed by atoms with Gasteiger partial charge in [0.15, 0.2) is 6.61 Å². The first-order chi connectivity index (χ1) is 23.4. The minimum absolute atomic E-state index is 0.0239. The number of carbonyl (C=O) groups excluding carboxylic acids is 3. The molecule has 6 rings (SSSR count). The van der Waals surface area contributed by atoms with Crippen molar-refractivity contribution < 1.29 is 19.1 Å². The molecule has 0 radical (unpaired) electrons. The Bertz CT molecular complexity index is 1580. The number of unbranched alkanes of at least 4 members (excludes halogenated alkanes) is 1. The van der Waals surface area contributed by atoms with E-state index in [0.29, 0.717) is 31.0 Å². The number of amides is 3. The maximum absolute atomic E-state index is 13.1. The van der Waals surface area contributed by atoms with E-state index in [1.165, 1.54) is 28.7 Å². The lowest BCUT2D eigenvalue weighted by molar-refractivity contribution is -0.138. The molecular formula is C40H50N4O4. The molecule has 8 nitrogen and oxygen atoms in total. The molecular weight excluding hydrogens is 600 g/mol. The van der Waals surface area contributed by atoms with E-state index in [1.807, 2.05) is 24.3 Å². The zero-order chi connectivity index (χ0) is 33.5. The van der Waals surface area contributed by atoms with Gasteiger partial charge in [0.05, 0.1) is 0 Å². The van der Waals surface area contributed by atoms with Crippen molar-refractivity contribution in [1.82, 2.24) is 15.1 Å². The van der Waals surface area contributed by atoms with Crippen molar-refractivity contribution in [1.29, 1.82) is 0 Å². The van der Waals surface area contributed by atoms with Gasteiger partial charge in [0.25, 0.3) is 11.8 Å². The Kier molecular flexibility index (Phi) is 11.1. The van der Waals surface area contributed by atoms with Crippen LogP contribution in [0.2, 0.25) is 0 Å². The van der Waals surface area contributed by atoms with E-state index in [9.17, 15) is 14.4 Å². The van der Waals surface area contributed by atoms with Crippen LogP contribution < -0.4 is 15.8 Å². The quantitative estimate of drug-likeness (QED) is 0.242. The monoisotopic (exact) mass is 650 g/mol. The van der Waals surface area contributed by atoms with Crippen LogP contribution in [0.15, 0.2) is 60.7 Å². The van der Waals surface area contributed by atoms with Gasteiger partial charge in [-0.25, -0.2) is 0 Å². The van der Waals surface area contributed by atoms with Crippen molar-refractivity contribution in [2.24, 2.45) is 5.73 Å². The molecule has 2 aliphatic heterocycles. The number of benzene rings is 3. The molecule has 0 bridgehead atoms. The highest BCUT2D eigenvalue weighted by Gasteiger charge is 2.33. The summed E-state index contributed by atoms with van der Waals surface area (Å²) >= 11 is 0. The highest BCUT2D eigenvalue weighted by molar-refractivity contribution is 5.94. The van der Waals surface area contributed by atoms with Crippen LogP contribution in [-0.2, 0) is 22.4 Å². The summed E-state index contributed by atoms with van der Waals surface area (Å²) in [6.45, 7) is 6.32. The number of nitrogens with zero attached hydrogens (tertiary/aromatic N) is 2. The maximum Gasteiger partial charge on any atom is 0.261 e. The fourth-order valence-corrected chi connectivity index (χ4v) is 7.67. The van der Waals surface area contributed by atoms with Crippen LogP contribution >= 0.6 is 0 Å². The Hall–Kier alpha value is -4.17. The number of nitrogens with one attached hydrogen (secondary N) is 1. The number of aryl methyl sites for hydroxylation is 2. The molecule has 0 aromatic heterocycles. The van der Waals surface area contributed by atoms with Gasteiger partial charge in [-0.2, -0.15) is 0 Å². The standard InChI is InChI=1S/C40H50N4O4/c1-28-10-12-29(13-11-28)30-14-16-33(17-15-30)40(47)42-22-4-5-23-43-25-20-32(21-26-43)35-19-18-31-7-2-3-8-34(31)38(35)48-27-37(45)44-24-6-9-36(44)39(41)46/h10-19,32,36H,2-9,20-27H2,1H3,(H2,41,46)(H,42,47)/t36-/m0/s1. The van der Waals surface area contributed by atoms with Crippen LogP contribution in [0.3, 0.4) is 0 Å². The van der Waals surface area contributed by atoms with Gasteiger partial charge in [-0.3, -0.25) is 14.4 Å². The summed E-state index contributed by atoms with van der Waals surface area (Å²) in [7, 11) is 0. The van der Waals surface area contributed by atoms with Crippen LogP contribution in [0.1, 0.15) is 89.9 Å². The van der Waals surface area contributed by atoms with E-state index in [0.717, 1.165) is 87.9 Å². The predicted molar refractivity (Wildman–Crippen MR) is 189 cm³/mol. The molecule has 2 heterocycles. The van der Waals surface area contributed by atoms with Crippen molar-refractivity contribution in [2.75, 3.05) is 39.3 Å². The molecule has 1 atom stereocenters. The van der Waals surface area contributed by atoms with Gasteiger partial charge in [-0.1, -0.05) is 54.1 Å². The van der Waals surface area contributed by atoms with Crippen molar-refractivity contribution in [3.8, 4) is 16.9 Å². The Balaban J connectivity index is 0.960. The summed E-state index contributed by atoms with van der Waals surface area (Å²) in [6.07, 6.45) is 9.85. The smallest absolute Gasteiger partial charge is 0.261 e. The van der Waals surface area contributed by atoms with Crippen LogP contribution in [-0.4, -0.2) is 72.9 Å². The number of piperidine rings is 1. The molecule has 0 unspecified atom stereocenters. The number of likely N-dealkylation sites (tertiary alicyclic amines) is 2. The lowest BCUT2D eigenvalue weighted by Crippen LogP contribution is -2.45. The molecule has 0 spiro atoms. The molecule has 2 saturated heterocycles. The van der Waals surface area contributed by atoms with Gasteiger partial charge >= 0.3 is 0 Å². The summed E-state index contributed by atoms with van der Waals surface area (Å²) in [5.41, 5.74) is 13.6. The highest BCUT2D eigenvalue weighted by atomic mass is 16.5. The lowest BCUT2D eigenvalue weighted by Gasteiger charge is -2.34. The molecule has 254 valence electrons. The highest BCUT2D eigenvalue weighted by Crippen LogP contribution is 2.40. The number of hydrogen-bond donors (Lipinski definition) is 2. The fourth-order valence-electron chi connectivity index (χ4n) is 7.67. The number of carbonyl (C=O) groups is 3. The minimum Gasteiger partial charge on any atom is -0.483 e. The largest absolute Gasteiger partial charge is 0.483 e. The predicted octanol–water partition coefficient (Wildman–Crippen LogP) is 5.79. The van der Waals surface area contributed by atoms with Crippen LogP contribution in [0.4, 0.5) is 0 Å². The first-order valence-electron chi connectivity index (χ1n) is 17.9.